The van der Waals surface area contributed by atoms with Crippen LogP contribution in [0.15, 0.2) is 10.7 Å². The van der Waals surface area contributed by atoms with Crippen LogP contribution >= 0.6 is 0 Å². The molecule has 16 heavy (non-hydrogen) atoms. The summed E-state index contributed by atoms with van der Waals surface area (Å²) < 4.78 is 5.56. The molecule has 0 amide bonds. The summed E-state index contributed by atoms with van der Waals surface area (Å²) in [6, 6.07) is 0.145. The smallest absolute Gasteiger partial charge is 0.198 e. The minimum Gasteiger partial charge on any atom is -0.448 e. The summed E-state index contributed by atoms with van der Waals surface area (Å²) >= 11 is 0. The van der Waals surface area contributed by atoms with E-state index in [1.807, 2.05) is 6.92 Å². The van der Waals surface area contributed by atoms with E-state index in [0.29, 0.717) is 5.92 Å². The molecule has 2 rings (SSSR count). The maximum Gasteiger partial charge on any atom is 0.198 e. The molecular weight excluding hydrogens is 202 g/mol. The number of nitrogens with two attached hydrogens (primary N) is 1. The molecule has 4 heteroatoms. The van der Waals surface area contributed by atoms with Crippen LogP contribution < -0.4 is 5.73 Å². The van der Waals surface area contributed by atoms with E-state index in [4.69, 9.17) is 10.2 Å². The van der Waals surface area contributed by atoms with Crippen molar-refractivity contribution in [1.29, 1.82) is 0 Å². The van der Waals surface area contributed by atoms with E-state index in [2.05, 4.69) is 16.9 Å². The van der Waals surface area contributed by atoms with Crippen LogP contribution in [0.5, 0.6) is 0 Å². The highest BCUT2D eigenvalue weighted by atomic mass is 16.3. The zero-order valence-corrected chi connectivity index (χ0v) is 10.1. The van der Waals surface area contributed by atoms with Gasteiger partial charge in [-0.25, -0.2) is 4.98 Å². The van der Waals surface area contributed by atoms with Crippen LogP contribution in [0.25, 0.3) is 0 Å². The SMILES string of the molecule is CC(N)Cc1coc(C2CCCN(C)C2)n1. The van der Waals surface area contributed by atoms with Crippen molar-refractivity contribution in [2.75, 3.05) is 20.1 Å². The Hall–Kier alpha value is -0.870. The maximum absolute atomic E-state index is 5.74. The second-order valence-corrected chi connectivity index (χ2v) is 4.96. The molecule has 4 nitrogen and oxygen atoms in total. The van der Waals surface area contributed by atoms with Gasteiger partial charge in [-0.05, 0) is 33.4 Å². The Labute approximate surface area is 96.8 Å². The molecule has 2 N–H and O–H groups in total. The van der Waals surface area contributed by atoms with E-state index in [9.17, 15) is 0 Å². The lowest BCUT2D eigenvalue weighted by atomic mass is 9.98. The molecule has 0 aromatic carbocycles. The number of piperidine rings is 1. The molecule has 1 saturated heterocycles. The zero-order valence-electron chi connectivity index (χ0n) is 10.1. The summed E-state index contributed by atoms with van der Waals surface area (Å²) in [4.78, 5) is 6.87. The predicted molar refractivity (Wildman–Crippen MR) is 63.3 cm³/mol. The molecule has 0 saturated carbocycles. The van der Waals surface area contributed by atoms with Crippen molar-refractivity contribution in [2.45, 2.75) is 38.1 Å². The van der Waals surface area contributed by atoms with Crippen molar-refractivity contribution in [3.8, 4) is 0 Å². The van der Waals surface area contributed by atoms with Gasteiger partial charge in [0.05, 0.1) is 5.69 Å². The predicted octanol–water partition coefficient (Wildman–Crippen LogP) is 1.37. The number of hydrogen-bond acceptors (Lipinski definition) is 4. The molecule has 1 aliphatic rings. The van der Waals surface area contributed by atoms with Crippen LogP contribution in [0.4, 0.5) is 0 Å². The zero-order chi connectivity index (χ0) is 11.5. The van der Waals surface area contributed by atoms with Gasteiger partial charge in [0.2, 0.25) is 0 Å². The van der Waals surface area contributed by atoms with Gasteiger partial charge in [-0.1, -0.05) is 0 Å². The average molecular weight is 223 g/mol. The largest absolute Gasteiger partial charge is 0.448 e. The van der Waals surface area contributed by atoms with Crippen LogP contribution in [0.2, 0.25) is 0 Å². The lowest BCUT2D eigenvalue weighted by Gasteiger charge is -2.27. The number of aromatic nitrogens is 1. The fourth-order valence-electron chi connectivity index (χ4n) is 2.30. The Morgan fingerprint density at radius 3 is 3.19 bits per heavy atom. The third-order valence-electron chi connectivity index (χ3n) is 3.07. The minimum atomic E-state index is 0.145. The molecule has 90 valence electrons. The fraction of sp³-hybridized carbons (Fsp3) is 0.750. The highest BCUT2D eigenvalue weighted by Gasteiger charge is 2.23. The van der Waals surface area contributed by atoms with Crippen LogP contribution in [0.3, 0.4) is 0 Å². The summed E-state index contributed by atoms with van der Waals surface area (Å²) in [7, 11) is 2.15. The Morgan fingerprint density at radius 1 is 1.69 bits per heavy atom. The molecule has 2 unspecified atom stereocenters. The maximum atomic E-state index is 5.74. The topological polar surface area (TPSA) is 55.3 Å². The van der Waals surface area contributed by atoms with E-state index in [1.165, 1.54) is 19.4 Å². The number of oxazole rings is 1. The molecule has 2 atom stereocenters. The van der Waals surface area contributed by atoms with E-state index < -0.39 is 0 Å². The molecule has 0 bridgehead atoms. The first-order valence-electron chi connectivity index (χ1n) is 6.03. The Balaban J connectivity index is 2.00. The van der Waals surface area contributed by atoms with Gasteiger partial charge in [-0.2, -0.15) is 0 Å². The average Bonchev–Trinajstić information content (AvgIpc) is 2.65. The Bertz CT molecular complexity index is 335. The van der Waals surface area contributed by atoms with Crippen LogP contribution in [0, 0.1) is 0 Å². The molecule has 1 aromatic rings. The third kappa shape index (κ3) is 2.83. The summed E-state index contributed by atoms with van der Waals surface area (Å²) in [5.41, 5.74) is 6.73. The molecule has 2 heterocycles. The van der Waals surface area contributed by atoms with Crippen molar-refractivity contribution in [3.05, 3.63) is 17.8 Å². The van der Waals surface area contributed by atoms with Crippen LogP contribution in [0.1, 0.15) is 37.3 Å². The summed E-state index contributed by atoms with van der Waals surface area (Å²) in [6.07, 6.45) is 4.97. The van der Waals surface area contributed by atoms with E-state index >= 15 is 0 Å². The van der Waals surface area contributed by atoms with Crippen molar-refractivity contribution in [3.63, 3.8) is 0 Å². The number of rotatable bonds is 3. The minimum absolute atomic E-state index is 0.145. The van der Waals surface area contributed by atoms with E-state index in [1.54, 1.807) is 6.26 Å². The van der Waals surface area contributed by atoms with Gasteiger partial charge in [0.15, 0.2) is 5.89 Å². The third-order valence-corrected chi connectivity index (χ3v) is 3.07. The highest BCUT2D eigenvalue weighted by molar-refractivity contribution is 5.03. The molecule has 1 fully saturated rings. The molecule has 1 aromatic heterocycles. The van der Waals surface area contributed by atoms with Crippen molar-refractivity contribution in [1.82, 2.24) is 9.88 Å². The van der Waals surface area contributed by atoms with E-state index in [-0.39, 0.29) is 6.04 Å². The second-order valence-electron chi connectivity index (χ2n) is 4.96. The van der Waals surface area contributed by atoms with Gasteiger partial charge in [0.1, 0.15) is 6.26 Å². The van der Waals surface area contributed by atoms with Crippen molar-refractivity contribution < 1.29 is 4.42 Å². The number of likely N-dealkylation sites (N-methyl/N-ethyl adjacent to an activating group) is 1. The summed E-state index contributed by atoms with van der Waals surface area (Å²) in [5.74, 6) is 1.35. The molecule has 0 radical (unpaired) electrons. The van der Waals surface area contributed by atoms with Gasteiger partial charge < -0.3 is 15.1 Å². The van der Waals surface area contributed by atoms with Crippen molar-refractivity contribution in [2.24, 2.45) is 5.73 Å². The van der Waals surface area contributed by atoms with Gasteiger partial charge in [0.25, 0.3) is 0 Å². The first-order chi connectivity index (χ1) is 7.65. The van der Waals surface area contributed by atoms with Gasteiger partial charge in [0, 0.05) is 24.9 Å². The number of likely N-dealkylation sites (tertiary alicyclic amines) is 1. The van der Waals surface area contributed by atoms with Gasteiger partial charge in [-0.15, -0.1) is 0 Å². The van der Waals surface area contributed by atoms with Crippen molar-refractivity contribution >= 4 is 0 Å². The lowest BCUT2D eigenvalue weighted by molar-refractivity contribution is 0.230. The first-order valence-corrected chi connectivity index (χ1v) is 6.03. The Morgan fingerprint density at radius 2 is 2.50 bits per heavy atom. The monoisotopic (exact) mass is 223 g/mol. The quantitative estimate of drug-likeness (QED) is 0.841. The summed E-state index contributed by atoms with van der Waals surface area (Å²) in [5, 5.41) is 0. The number of nitrogens with zero attached hydrogens (tertiary/aromatic N) is 2. The van der Waals surface area contributed by atoms with Gasteiger partial charge >= 0.3 is 0 Å². The molecular formula is C12H21N3O. The lowest BCUT2D eigenvalue weighted by Crippen LogP contribution is -2.31. The standard InChI is InChI=1S/C12H21N3O/c1-9(13)6-11-8-16-12(14-11)10-4-3-5-15(2)7-10/h8-10H,3-7,13H2,1-2H3. The fourth-order valence-corrected chi connectivity index (χ4v) is 2.30. The van der Waals surface area contributed by atoms with Crippen LogP contribution in [-0.4, -0.2) is 36.1 Å². The normalized spacial score (nSPS) is 24.6. The highest BCUT2D eigenvalue weighted by Crippen LogP contribution is 2.25. The summed E-state index contributed by atoms with van der Waals surface area (Å²) in [6.45, 7) is 4.23. The van der Waals surface area contributed by atoms with E-state index in [0.717, 1.165) is 24.6 Å². The number of hydrogen-bond donors (Lipinski definition) is 1. The first kappa shape index (κ1) is 11.6. The molecule has 0 spiro atoms. The van der Waals surface area contributed by atoms with Crippen LogP contribution in [-0.2, 0) is 6.42 Å². The Kier molecular flexibility index (Phi) is 3.61. The second kappa shape index (κ2) is 4.97. The van der Waals surface area contributed by atoms with Gasteiger partial charge in [-0.3, -0.25) is 0 Å². The molecule has 0 aliphatic carbocycles. The molecule has 1 aliphatic heterocycles.